The van der Waals surface area contributed by atoms with Crippen molar-refractivity contribution in [2.75, 3.05) is 30.5 Å². The number of hydrogen-bond donors (Lipinski definition) is 2. The third kappa shape index (κ3) is 4.58. The Labute approximate surface area is 192 Å². The number of piperidine rings is 1. The van der Waals surface area contributed by atoms with Crippen molar-refractivity contribution in [1.29, 1.82) is 0 Å². The van der Waals surface area contributed by atoms with Gasteiger partial charge in [0.05, 0.1) is 5.69 Å². The second-order valence-electron chi connectivity index (χ2n) is 7.64. The Morgan fingerprint density at radius 2 is 1.82 bits per heavy atom. The zero-order chi connectivity index (χ0) is 22.8. The molecule has 11 heteroatoms. The summed E-state index contributed by atoms with van der Waals surface area (Å²) in [5, 5.41) is 14.7. The molecule has 1 fully saturated rings. The van der Waals surface area contributed by atoms with Crippen LogP contribution in [0.4, 0.5) is 20.6 Å². The summed E-state index contributed by atoms with van der Waals surface area (Å²) in [4.78, 5) is 26.7. The Bertz CT molecular complexity index is 1200. The van der Waals surface area contributed by atoms with E-state index in [1.807, 2.05) is 0 Å². The molecule has 9 nitrogen and oxygen atoms in total. The minimum Gasteiger partial charge on any atom is -0.454 e. The van der Waals surface area contributed by atoms with Gasteiger partial charge in [-0.1, -0.05) is 23.5 Å². The number of carbonyl (C=O) groups is 2. The van der Waals surface area contributed by atoms with E-state index in [1.54, 1.807) is 35.2 Å². The van der Waals surface area contributed by atoms with E-state index in [1.165, 1.54) is 23.5 Å². The first-order chi connectivity index (χ1) is 16.1. The molecule has 2 aromatic carbocycles. The molecule has 3 aromatic rings. The van der Waals surface area contributed by atoms with Crippen molar-refractivity contribution in [3.8, 4) is 11.5 Å². The molecule has 170 valence electrons. The lowest BCUT2D eigenvalue weighted by Gasteiger charge is -2.31. The molecule has 1 aromatic heterocycles. The van der Waals surface area contributed by atoms with Gasteiger partial charge in [-0.2, -0.15) is 0 Å². The third-order valence-electron chi connectivity index (χ3n) is 5.51. The number of nitrogens with one attached hydrogen (secondary N) is 2. The summed E-state index contributed by atoms with van der Waals surface area (Å²) < 4.78 is 24.4. The number of carbonyl (C=O) groups excluding carboxylic acids is 2. The van der Waals surface area contributed by atoms with Gasteiger partial charge in [0.1, 0.15) is 10.8 Å². The van der Waals surface area contributed by atoms with Crippen molar-refractivity contribution in [1.82, 2.24) is 15.1 Å². The molecule has 0 aliphatic carbocycles. The Balaban J connectivity index is 1.16. The molecule has 0 saturated carbocycles. The first-order valence-corrected chi connectivity index (χ1v) is 11.2. The van der Waals surface area contributed by atoms with E-state index in [0.29, 0.717) is 43.1 Å². The van der Waals surface area contributed by atoms with Crippen LogP contribution in [0.5, 0.6) is 11.5 Å². The summed E-state index contributed by atoms with van der Waals surface area (Å²) in [6.45, 7) is 1.17. The standard InChI is InChI=1S/C22H20FN5O4S/c23-15-3-1-2-4-16(15)25-22(30)28-9-7-13(8-10-28)20-26-27-21(33-20)19(29)24-14-5-6-17-18(11-14)32-12-31-17/h1-6,11,13H,7-10,12H2,(H,24,29)(H,25,30). The monoisotopic (exact) mass is 469 g/mol. The number of amides is 3. The van der Waals surface area contributed by atoms with Gasteiger partial charge in [0.2, 0.25) is 11.8 Å². The summed E-state index contributed by atoms with van der Waals surface area (Å²) in [5.74, 6) is 0.504. The van der Waals surface area contributed by atoms with Crippen LogP contribution in [0.15, 0.2) is 42.5 Å². The quantitative estimate of drug-likeness (QED) is 0.597. The van der Waals surface area contributed by atoms with Gasteiger partial charge in [0.25, 0.3) is 5.91 Å². The zero-order valence-corrected chi connectivity index (χ0v) is 18.2. The molecule has 0 bridgehead atoms. The number of anilines is 2. The Hall–Kier alpha value is -3.73. The minimum atomic E-state index is -0.471. The average molecular weight is 469 g/mol. The van der Waals surface area contributed by atoms with Gasteiger partial charge in [-0.3, -0.25) is 4.79 Å². The molecule has 1 saturated heterocycles. The van der Waals surface area contributed by atoms with Gasteiger partial charge in [-0.25, -0.2) is 9.18 Å². The number of hydrogen-bond acceptors (Lipinski definition) is 7. The Kier molecular flexibility index (Phi) is 5.78. The van der Waals surface area contributed by atoms with E-state index in [2.05, 4.69) is 20.8 Å². The van der Waals surface area contributed by atoms with Gasteiger partial charge >= 0.3 is 6.03 Å². The molecule has 0 radical (unpaired) electrons. The van der Waals surface area contributed by atoms with Gasteiger partial charge < -0.3 is 25.0 Å². The second kappa shape index (κ2) is 9.02. The fraction of sp³-hybridized carbons (Fsp3) is 0.273. The van der Waals surface area contributed by atoms with Crippen molar-refractivity contribution >= 4 is 34.6 Å². The van der Waals surface area contributed by atoms with E-state index < -0.39 is 5.82 Å². The average Bonchev–Trinajstić information content (AvgIpc) is 3.50. The zero-order valence-electron chi connectivity index (χ0n) is 17.4. The molecule has 3 amide bonds. The van der Waals surface area contributed by atoms with Crippen molar-refractivity contribution in [3.63, 3.8) is 0 Å². The van der Waals surface area contributed by atoms with Crippen molar-refractivity contribution in [2.24, 2.45) is 0 Å². The summed E-state index contributed by atoms with van der Waals surface area (Å²) in [5.41, 5.74) is 0.738. The van der Waals surface area contributed by atoms with Gasteiger partial charge in [-0.15, -0.1) is 10.2 Å². The van der Waals surface area contributed by atoms with E-state index in [9.17, 15) is 14.0 Å². The van der Waals surface area contributed by atoms with Crippen molar-refractivity contribution < 1.29 is 23.5 Å². The molecular formula is C22H20FN5O4S. The number of benzene rings is 2. The van der Waals surface area contributed by atoms with Crippen LogP contribution in [0.1, 0.15) is 33.6 Å². The molecule has 0 atom stereocenters. The number of fused-ring (bicyclic) bond motifs is 1. The van der Waals surface area contributed by atoms with Gasteiger partial charge in [0.15, 0.2) is 11.5 Å². The normalized spacial score (nSPS) is 15.4. The van der Waals surface area contributed by atoms with Crippen molar-refractivity contribution in [2.45, 2.75) is 18.8 Å². The van der Waals surface area contributed by atoms with Crippen LogP contribution < -0.4 is 20.1 Å². The number of likely N-dealkylation sites (tertiary alicyclic amines) is 1. The number of urea groups is 1. The second-order valence-corrected chi connectivity index (χ2v) is 8.65. The number of rotatable bonds is 4. The summed E-state index contributed by atoms with van der Waals surface area (Å²) in [6, 6.07) is 10.9. The fourth-order valence-electron chi connectivity index (χ4n) is 3.74. The molecule has 2 N–H and O–H groups in total. The third-order valence-corrected chi connectivity index (χ3v) is 6.60. The van der Waals surface area contributed by atoms with Crippen LogP contribution in [0, 0.1) is 5.82 Å². The maximum absolute atomic E-state index is 13.8. The Morgan fingerprint density at radius 1 is 1.03 bits per heavy atom. The molecule has 5 rings (SSSR count). The lowest BCUT2D eigenvalue weighted by atomic mass is 9.98. The predicted octanol–water partition coefficient (Wildman–Crippen LogP) is 4.07. The maximum Gasteiger partial charge on any atom is 0.321 e. The Morgan fingerprint density at radius 3 is 2.64 bits per heavy atom. The molecule has 33 heavy (non-hydrogen) atoms. The van der Waals surface area contributed by atoms with E-state index in [-0.39, 0.29) is 35.3 Å². The van der Waals surface area contributed by atoms with Crippen LogP contribution in [-0.2, 0) is 0 Å². The number of nitrogens with zero attached hydrogens (tertiary/aromatic N) is 3. The molecule has 2 aliphatic rings. The largest absolute Gasteiger partial charge is 0.454 e. The minimum absolute atomic E-state index is 0.104. The molecule has 0 unspecified atom stereocenters. The molecule has 3 heterocycles. The first-order valence-electron chi connectivity index (χ1n) is 10.4. The summed E-state index contributed by atoms with van der Waals surface area (Å²) in [6.07, 6.45) is 1.37. The smallest absolute Gasteiger partial charge is 0.321 e. The highest BCUT2D eigenvalue weighted by molar-refractivity contribution is 7.13. The highest BCUT2D eigenvalue weighted by Gasteiger charge is 2.27. The van der Waals surface area contributed by atoms with Crippen LogP contribution in [0.3, 0.4) is 0 Å². The number of ether oxygens (including phenoxy) is 2. The topological polar surface area (TPSA) is 106 Å². The van der Waals surface area contributed by atoms with E-state index >= 15 is 0 Å². The SMILES string of the molecule is O=C(Nc1ccc2c(c1)OCO2)c1nnc(C2CCN(C(=O)Nc3ccccc3F)CC2)s1. The van der Waals surface area contributed by atoms with Gasteiger partial charge in [0, 0.05) is 30.8 Å². The van der Waals surface area contributed by atoms with Crippen LogP contribution in [-0.4, -0.2) is 46.9 Å². The molecular weight excluding hydrogens is 449 g/mol. The van der Waals surface area contributed by atoms with Crippen molar-refractivity contribution in [3.05, 3.63) is 58.3 Å². The van der Waals surface area contributed by atoms with E-state index in [4.69, 9.17) is 9.47 Å². The van der Waals surface area contributed by atoms with Gasteiger partial charge in [-0.05, 0) is 37.1 Å². The maximum atomic E-state index is 13.8. The lowest BCUT2D eigenvalue weighted by Crippen LogP contribution is -2.40. The van der Waals surface area contributed by atoms with Crippen LogP contribution in [0.2, 0.25) is 0 Å². The lowest BCUT2D eigenvalue weighted by molar-refractivity contribution is 0.102. The molecule has 0 spiro atoms. The summed E-state index contributed by atoms with van der Waals surface area (Å²) in [7, 11) is 0. The highest BCUT2D eigenvalue weighted by atomic mass is 32.1. The highest BCUT2D eigenvalue weighted by Crippen LogP contribution is 2.35. The van der Waals surface area contributed by atoms with E-state index in [0.717, 1.165) is 5.01 Å². The number of para-hydroxylation sites is 1. The number of aromatic nitrogens is 2. The predicted molar refractivity (Wildman–Crippen MR) is 119 cm³/mol. The fourth-order valence-corrected chi connectivity index (χ4v) is 4.64. The first kappa shape index (κ1) is 21.1. The molecule has 2 aliphatic heterocycles. The van der Waals surface area contributed by atoms with Crippen LogP contribution in [0.25, 0.3) is 0 Å². The van der Waals surface area contributed by atoms with Crippen LogP contribution >= 0.6 is 11.3 Å². The number of halogens is 1. The summed E-state index contributed by atoms with van der Waals surface area (Å²) >= 11 is 1.25.